The van der Waals surface area contributed by atoms with Crippen LogP contribution < -0.4 is 0 Å². The fraction of sp³-hybridized carbons (Fsp3) is 1.00. The molecule has 0 radical (unpaired) electrons. The zero-order valence-electron chi connectivity index (χ0n) is 18.4. The first-order valence-corrected chi connectivity index (χ1v) is 11.5. The van der Waals surface area contributed by atoms with E-state index in [1.807, 2.05) is 0 Å². The second kappa shape index (κ2) is 13.1. The number of hydrogen-bond acceptors (Lipinski definition) is 6. The van der Waals surface area contributed by atoms with Crippen LogP contribution in [0.2, 0.25) is 0 Å². The Morgan fingerprint density at radius 3 is 2.29 bits per heavy atom. The summed E-state index contributed by atoms with van der Waals surface area (Å²) in [5.74, 6) is 0.502. The van der Waals surface area contributed by atoms with E-state index in [0.717, 1.165) is 91.0 Å². The van der Waals surface area contributed by atoms with Gasteiger partial charge >= 0.3 is 0 Å². The van der Waals surface area contributed by atoms with E-state index in [1.165, 1.54) is 0 Å². The predicted molar refractivity (Wildman–Crippen MR) is 113 cm³/mol. The molecule has 2 heterocycles. The van der Waals surface area contributed by atoms with Crippen LogP contribution in [0, 0.1) is 5.92 Å². The van der Waals surface area contributed by atoms with Crippen molar-refractivity contribution in [3.8, 4) is 0 Å². The van der Waals surface area contributed by atoms with E-state index in [9.17, 15) is 10.2 Å². The van der Waals surface area contributed by atoms with Crippen LogP contribution in [-0.2, 0) is 9.47 Å². The summed E-state index contributed by atoms with van der Waals surface area (Å²) >= 11 is 0. The van der Waals surface area contributed by atoms with Gasteiger partial charge in [0.25, 0.3) is 0 Å². The van der Waals surface area contributed by atoms with Crippen molar-refractivity contribution in [1.82, 2.24) is 9.80 Å². The molecule has 2 fully saturated rings. The first kappa shape index (κ1) is 24.0. The zero-order valence-corrected chi connectivity index (χ0v) is 18.4. The van der Waals surface area contributed by atoms with Gasteiger partial charge in [0.15, 0.2) is 0 Å². The Labute approximate surface area is 172 Å². The average molecular weight is 401 g/mol. The Bertz CT molecular complexity index is 410. The lowest BCUT2D eigenvalue weighted by Gasteiger charge is -2.36. The van der Waals surface area contributed by atoms with Crippen LogP contribution in [-0.4, -0.2) is 96.9 Å². The molecule has 0 spiro atoms. The van der Waals surface area contributed by atoms with Gasteiger partial charge in [0.2, 0.25) is 0 Å². The molecule has 0 saturated carbocycles. The number of aliphatic hydroxyl groups is 2. The normalized spacial score (nSPS) is 28.7. The molecule has 0 amide bonds. The fourth-order valence-corrected chi connectivity index (χ4v) is 4.58. The first-order chi connectivity index (χ1) is 13.4. The Balaban J connectivity index is 1.57. The Morgan fingerprint density at radius 2 is 1.57 bits per heavy atom. The molecule has 2 unspecified atom stereocenters. The van der Waals surface area contributed by atoms with Crippen LogP contribution in [0.5, 0.6) is 0 Å². The topological polar surface area (TPSA) is 65.4 Å². The maximum absolute atomic E-state index is 10.2. The van der Waals surface area contributed by atoms with Crippen molar-refractivity contribution < 1.29 is 19.7 Å². The fourth-order valence-electron chi connectivity index (χ4n) is 4.58. The molecule has 0 aromatic heterocycles. The quantitative estimate of drug-likeness (QED) is 0.489. The minimum Gasteiger partial charge on any atom is -0.392 e. The van der Waals surface area contributed by atoms with Gasteiger partial charge in [-0.15, -0.1) is 0 Å². The van der Waals surface area contributed by atoms with Crippen molar-refractivity contribution in [2.24, 2.45) is 5.92 Å². The largest absolute Gasteiger partial charge is 0.392 e. The lowest BCUT2D eigenvalue weighted by Crippen LogP contribution is -2.44. The number of β-amino-alcohol motifs (C(OH)–C–C–N with tert-alkyl or cyclic N) is 2. The van der Waals surface area contributed by atoms with Gasteiger partial charge in [-0.2, -0.15) is 0 Å². The summed E-state index contributed by atoms with van der Waals surface area (Å²) in [6.45, 7) is 13.6. The highest BCUT2D eigenvalue weighted by Crippen LogP contribution is 2.23. The van der Waals surface area contributed by atoms with E-state index < -0.39 is 0 Å². The molecule has 6 nitrogen and oxygen atoms in total. The SMILES string of the molecule is CC(C)OCCCN1CC(O)CC(C[C@H](C)OCCCN2CCC[C@H](O)C2)C1. The maximum Gasteiger partial charge on any atom is 0.0670 e. The van der Waals surface area contributed by atoms with Crippen LogP contribution in [0.4, 0.5) is 0 Å². The standard InChI is InChI=1S/C22H44N2O4/c1-18(2)27-11-6-10-24-15-20(14-22(26)17-24)13-19(3)28-12-5-9-23-8-4-7-21(25)16-23/h18-22,25-26H,4-17H2,1-3H3/t19-,20?,21-,22?/m0/s1. The van der Waals surface area contributed by atoms with Crippen LogP contribution in [0.15, 0.2) is 0 Å². The molecule has 6 heteroatoms. The molecule has 166 valence electrons. The van der Waals surface area contributed by atoms with E-state index in [0.29, 0.717) is 5.92 Å². The minimum atomic E-state index is -0.220. The van der Waals surface area contributed by atoms with Crippen molar-refractivity contribution >= 4 is 0 Å². The van der Waals surface area contributed by atoms with Crippen molar-refractivity contribution in [3.05, 3.63) is 0 Å². The van der Waals surface area contributed by atoms with Gasteiger partial charge in [-0.25, -0.2) is 0 Å². The van der Waals surface area contributed by atoms with Crippen molar-refractivity contribution in [1.29, 1.82) is 0 Å². The minimum absolute atomic E-state index is 0.147. The van der Waals surface area contributed by atoms with E-state index in [-0.39, 0.29) is 24.4 Å². The third-order valence-corrected chi connectivity index (χ3v) is 5.83. The number of hydrogen-bond donors (Lipinski definition) is 2. The third kappa shape index (κ3) is 9.99. The molecule has 2 N–H and O–H groups in total. The van der Waals surface area contributed by atoms with E-state index in [2.05, 4.69) is 30.6 Å². The van der Waals surface area contributed by atoms with Crippen molar-refractivity contribution in [3.63, 3.8) is 0 Å². The second-order valence-corrected chi connectivity index (χ2v) is 9.16. The Morgan fingerprint density at radius 1 is 0.893 bits per heavy atom. The monoisotopic (exact) mass is 400 g/mol. The summed E-state index contributed by atoms with van der Waals surface area (Å²) in [6.07, 6.45) is 6.14. The lowest BCUT2D eigenvalue weighted by molar-refractivity contribution is -0.00417. The number of likely N-dealkylation sites (tertiary alicyclic amines) is 2. The molecule has 2 aliphatic heterocycles. The van der Waals surface area contributed by atoms with Gasteiger partial charge in [-0.1, -0.05) is 0 Å². The number of aliphatic hydroxyl groups excluding tert-OH is 2. The molecule has 0 aliphatic carbocycles. The van der Waals surface area contributed by atoms with Gasteiger partial charge in [-0.05, 0) is 71.8 Å². The smallest absolute Gasteiger partial charge is 0.0670 e. The number of rotatable bonds is 12. The van der Waals surface area contributed by atoms with Crippen LogP contribution in [0.25, 0.3) is 0 Å². The van der Waals surface area contributed by atoms with Crippen LogP contribution >= 0.6 is 0 Å². The summed E-state index contributed by atoms with van der Waals surface area (Å²) in [6, 6.07) is 0. The summed E-state index contributed by atoms with van der Waals surface area (Å²) in [4.78, 5) is 4.73. The molecule has 0 aromatic rings. The van der Waals surface area contributed by atoms with Crippen LogP contribution in [0.1, 0.15) is 59.3 Å². The number of nitrogens with zero attached hydrogens (tertiary/aromatic N) is 2. The van der Waals surface area contributed by atoms with Crippen molar-refractivity contribution in [2.45, 2.75) is 83.7 Å². The summed E-state index contributed by atoms with van der Waals surface area (Å²) in [5.41, 5.74) is 0. The van der Waals surface area contributed by atoms with E-state index in [4.69, 9.17) is 9.47 Å². The van der Waals surface area contributed by atoms with Gasteiger partial charge in [0, 0.05) is 45.9 Å². The Hall–Kier alpha value is -0.240. The first-order valence-electron chi connectivity index (χ1n) is 11.5. The molecular weight excluding hydrogens is 356 g/mol. The molecule has 2 rings (SSSR count). The molecule has 2 saturated heterocycles. The second-order valence-electron chi connectivity index (χ2n) is 9.16. The summed E-state index contributed by atoms with van der Waals surface area (Å²) in [5, 5.41) is 20.0. The molecule has 0 bridgehead atoms. The molecular formula is C22H44N2O4. The maximum atomic E-state index is 10.2. The summed E-state index contributed by atoms with van der Waals surface area (Å²) in [7, 11) is 0. The van der Waals surface area contributed by atoms with E-state index in [1.54, 1.807) is 0 Å². The number of ether oxygens (including phenoxy) is 2. The lowest BCUT2D eigenvalue weighted by atomic mass is 9.91. The highest BCUT2D eigenvalue weighted by Gasteiger charge is 2.27. The van der Waals surface area contributed by atoms with E-state index >= 15 is 0 Å². The summed E-state index contributed by atoms with van der Waals surface area (Å²) < 4.78 is 11.7. The Kier molecular flexibility index (Phi) is 11.3. The molecule has 28 heavy (non-hydrogen) atoms. The highest BCUT2D eigenvalue weighted by atomic mass is 16.5. The van der Waals surface area contributed by atoms with Crippen molar-refractivity contribution in [2.75, 3.05) is 52.5 Å². The average Bonchev–Trinajstić information content (AvgIpc) is 2.62. The molecule has 4 atom stereocenters. The molecule has 2 aliphatic rings. The predicted octanol–water partition coefficient (Wildman–Crippen LogP) is 2.13. The molecule has 0 aromatic carbocycles. The van der Waals surface area contributed by atoms with Gasteiger partial charge in [0.1, 0.15) is 0 Å². The van der Waals surface area contributed by atoms with Gasteiger partial charge in [-0.3, -0.25) is 0 Å². The number of piperidine rings is 2. The zero-order chi connectivity index (χ0) is 20.4. The van der Waals surface area contributed by atoms with Gasteiger partial charge in [0.05, 0.1) is 24.4 Å². The van der Waals surface area contributed by atoms with Crippen LogP contribution in [0.3, 0.4) is 0 Å². The third-order valence-electron chi connectivity index (χ3n) is 5.83. The highest BCUT2D eigenvalue weighted by molar-refractivity contribution is 4.80. The van der Waals surface area contributed by atoms with Gasteiger partial charge < -0.3 is 29.5 Å².